The first-order valence-corrected chi connectivity index (χ1v) is 3.51. The summed E-state index contributed by atoms with van der Waals surface area (Å²) in [5.74, 6) is 0. The highest BCUT2D eigenvalue weighted by Gasteiger charge is 2.07. The van der Waals surface area contributed by atoms with E-state index >= 15 is 0 Å². The smallest absolute Gasteiger partial charge is 0.210 e. The molecule has 0 aromatic rings. The molecule has 0 amide bonds. The van der Waals surface area contributed by atoms with Crippen LogP contribution in [-0.4, -0.2) is 17.5 Å². The molecule has 1 aliphatic heterocycles. The summed E-state index contributed by atoms with van der Waals surface area (Å²) in [5.41, 5.74) is 0. The Labute approximate surface area is 56.3 Å². The fourth-order valence-corrected chi connectivity index (χ4v) is 0.968. The van der Waals surface area contributed by atoms with Gasteiger partial charge in [-0.25, -0.2) is 0 Å². The number of hydrogen-bond donors (Lipinski definition) is 0. The normalized spacial score (nSPS) is 25.3. The third kappa shape index (κ3) is 1.92. The van der Waals surface area contributed by atoms with Crippen LogP contribution < -0.4 is 0 Å². The van der Waals surface area contributed by atoms with Crippen LogP contribution in [0.3, 0.4) is 0 Å². The van der Waals surface area contributed by atoms with Crippen molar-refractivity contribution >= 4 is 22.6 Å². The Morgan fingerprint density at radius 3 is 2.14 bits per heavy atom. The predicted molar refractivity (Wildman–Crippen MR) is 34.3 cm³/mol. The molecular weight excluding hydrogens is 207 g/mol. The Morgan fingerprint density at radius 1 is 1.29 bits per heavy atom. The van der Waals surface area contributed by atoms with Gasteiger partial charge in [-0.3, -0.25) is 0 Å². The summed E-state index contributed by atoms with van der Waals surface area (Å²) in [7, 11) is 0. The van der Waals surface area contributed by atoms with E-state index in [0.717, 1.165) is 19.6 Å². The van der Waals surface area contributed by atoms with Crippen LogP contribution in [0, 0.1) is 0 Å². The average Bonchev–Trinajstić information content (AvgIpc) is 1.69. The quantitative estimate of drug-likeness (QED) is 0.444. The molecule has 42 valence electrons. The number of rotatable bonds is 0. The standard InChI is InChI=1S/C4H7IO2/c5-4-6-2-1-3-7-4/h4H,1-3H2. The van der Waals surface area contributed by atoms with E-state index in [4.69, 9.17) is 9.47 Å². The molecule has 7 heavy (non-hydrogen) atoms. The summed E-state index contributed by atoms with van der Waals surface area (Å²) in [6, 6.07) is 0. The van der Waals surface area contributed by atoms with Crippen molar-refractivity contribution in [3.8, 4) is 0 Å². The SMILES string of the molecule is IC1OCCCO1. The second-order valence-corrected chi connectivity index (χ2v) is 2.39. The molecule has 2 nitrogen and oxygen atoms in total. The van der Waals surface area contributed by atoms with Gasteiger partial charge in [-0.1, -0.05) is 0 Å². The summed E-state index contributed by atoms with van der Waals surface area (Å²) in [6.07, 6.45) is 1.04. The van der Waals surface area contributed by atoms with E-state index in [9.17, 15) is 0 Å². The maximum atomic E-state index is 5.04. The highest BCUT2D eigenvalue weighted by atomic mass is 127. The van der Waals surface area contributed by atoms with Crippen LogP contribution in [-0.2, 0) is 9.47 Å². The molecule has 1 rings (SSSR count). The van der Waals surface area contributed by atoms with Crippen LogP contribution in [0.1, 0.15) is 6.42 Å². The minimum atomic E-state index is 0.00588. The highest BCUT2D eigenvalue weighted by molar-refractivity contribution is 14.1. The minimum absolute atomic E-state index is 0.00588. The minimum Gasteiger partial charge on any atom is -0.344 e. The van der Waals surface area contributed by atoms with E-state index in [1.54, 1.807) is 0 Å². The first kappa shape index (κ1) is 5.78. The molecule has 0 unspecified atom stereocenters. The van der Waals surface area contributed by atoms with Crippen molar-refractivity contribution in [1.82, 2.24) is 0 Å². The van der Waals surface area contributed by atoms with Gasteiger partial charge >= 0.3 is 0 Å². The Hall–Kier alpha value is 0.650. The molecular formula is C4H7IO2. The molecule has 0 aliphatic carbocycles. The summed E-state index contributed by atoms with van der Waals surface area (Å²) < 4.78 is 10.1. The van der Waals surface area contributed by atoms with E-state index in [2.05, 4.69) is 22.6 Å². The summed E-state index contributed by atoms with van der Waals surface area (Å²) in [4.78, 5) is 0. The van der Waals surface area contributed by atoms with Crippen molar-refractivity contribution in [2.24, 2.45) is 0 Å². The third-order valence-corrected chi connectivity index (χ3v) is 1.51. The Bertz CT molecular complexity index is 51.7. The van der Waals surface area contributed by atoms with Crippen molar-refractivity contribution in [3.63, 3.8) is 0 Å². The van der Waals surface area contributed by atoms with Gasteiger partial charge in [0.1, 0.15) is 0 Å². The van der Waals surface area contributed by atoms with E-state index in [1.165, 1.54) is 0 Å². The molecule has 1 saturated heterocycles. The summed E-state index contributed by atoms with van der Waals surface area (Å²) in [6.45, 7) is 1.71. The Balaban J connectivity index is 2.12. The van der Waals surface area contributed by atoms with Crippen molar-refractivity contribution in [2.45, 2.75) is 10.7 Å². The zero-order valence-electron chi connectivity index (χ0n) is 3.89. The lowest BCUT2D eigenvalue weighted by Gasteiger charge is -2.16. The van der Waals surface area contributed by atoms with Crippen LogP contribution >= 0.6 is 22.6 Å². The Morgan fingerprint density at radius 2 is 1.86 bits per heavy atom. The monoisotopic (exact) mass is 214 g/mol. The molecule has 0 aromatic carbocycles. The maximum Gasteiger partial charge on any atom is 0.210 e. The number of halogens is 1. The second kappa shape index (κ2) is 2.84. The average molecular weight is 214 g/mol. The number of hydrogen-bond acceptors (Lipinski definition) is 2. The largest absolute Gasteiger partial charge is 0.344 e. The summed E-state index contributed by atoms with van der Waals surface area (Å²) >= 11 is 2.11. The lowest BCUT2D eigenvalue weighted by molar-refractivity contribution is -0.111. The third-order valence-electron chi connectivity index (χ3n) is 0.786. The topological polar surface area (TPSA) is 18.5 Å². The molecule has 1 heterocycles. The van der Waals surface area contributed by atoms with Crippen molar-refractivity contribution in [2.75, 3.05) is 13.2 Å². The Kier molecular flexibility index (Phi) is 2.34. The van der Waals surface area contributed by atoms with E-state index < -0.39 is 0 Å². The van der Waals surface area contributed by atoms with Gasteiger partial charge in [0, 0.05) is 0 Å². The van der Waals surface area contributed by atoms with Gasteiger partial charge in [-0.2, -0.15) is 0 Å². The second-order valence-electron chi connectivity index (χ2n) is 1.37. The van der Waals surface area contributed by atoms with Crippen LogP contribution in [0.5, 0.6) is 0 Å². The highest BCUT2D eigenvalue weighted by Crippen LogP contribution is 2.09. The van der Waals surface area contributed by atoms with Crippen molar-refractivity contribution < 1.29 is 9.47 Å². The van der Waals surface area contributed by atoms with Gasteiger partial charge in [-0.15, -0.1) is 0 Å². The zero-order chi connectivity index (χ0) is 5.11. The zero-order valence-corrected chi connectivity index (χ0v) is 6.05. The maximum absolute atomic E-state index is 5.04. The lowest BCUT2D eigenvalue weighted by Crippen LogP contribution is -2.18. The first-order valence-electron chi connectivity index (χ1n) is 2.27. The predicted octanol–water partition coefficient (Wildman–Crippen LogP) is 1.14. The van der Waals surface area contributed by atoms with Gasteiger partial charge in [0.25, 0.3) is 0 Å². The molecule has 1 aliphatic rings. The van der Waals surface area contributed by atoms with Gasteiger partial charge in [-0.05, 0) is 29.0 Å². The summed E-state index contributed by atoms with van der Waals surface area (Å²) in [5, 5.41) is 0. The van der Waals surface area contributed by atoms with Gasteiger partial charge in [0.05, 0.1) is 13.2 Å². The fourth-order valence-electron chi connectivity index (χ4n) is 0.459. The fraction of sp³-hybridized carbons (Fsp3) is 1.00. The van der Waals surface area contributed by atoms with E-state index in [1.807, 2.05) is 0 Å². The van der Waals surface area contributed by atoms with Gasteiger partial charge < -0.3 is 9.47 Å². The molecule has 0 atom stereocenters. The van der Waals surface area contributed by atoms with Crippen molar-refractivity contribution in [3.05, 3.63) is 0 Å². The van der Waals surface area contributed by atoms with Crippen molar-refractivity contribution in [1.29, 1.82) is 0 Å². The number of alkyl halides is 1. The first-order chi connectivity index (χ1) is 3.39. The molecule has 0 bridgehead atoms. The molecule has 0 aromatic heterocycles. The van der Waals surface area contributed by atoms with Gasteiger partial charge in [0.15, 0.2) is 0 Å². The number of ether oxygens (including phenoxy) is 2. The molecule has 0 saturated carbocycles. The van der Waals surface area contributed by atoms with Crippen LogP contribution in [0.25, 0.3) is 0 Å². The van der Waals surface area contributed by atoms with Gasteiger partial charge in [0.2, 0.25) is 4.30 Å². The van der Waals surface area contributed by atoms with Crippen LogP contribution in [0.4, 0.5) is 0 Å². The molecule has 0 radical (unpaired) electrons. The molecule has 0 spiro atoms. The van der Waals surface area contributed by atoms with Crippen LogP contribution in [0.2, 0.25) is 0 Å². The lowest BCUT2D eigenvalue weighted by atomic mass is 10.5. The molecule has 3 heteroatoms. The molecule has 0 N–H and O–H groups in total. The van der Waals surface area contributed by atoms with E-state index in [-0.39, 0.29) is 4.30 Å². The van der Waals surface area contributed by atoms with E-state index in [0.29, 0.717) is 0 Å². The molecule has 1 fully saturated rings. The van der Waals surface area contributed by atoms with Crippen LogP contribution in [0.15, 0.2) is 0 Å².